The van der Waals surface area contributed by atoms with Crippen LogP contribution < -0.4 is 5.32 Å². The van der Waals surface area contributed by atoms with Crippen LogP contribution in [0.2, 0.25) is 0 Å². The maximum Gasteiger partial charge on any atom is 0.117 e. The second kappa shape index (κ2) is 7.56. The van der Waals surface area contributed by atoms with E-state index in [-0.39, 0.29) is 0 Å². The number of nitrogens with zero attached hydrogens (tertiary/aromatic N) is 2. The predicted molar refractivity (Wildman–Crippen MR) is 87.4 cm³/mol. The molecule has 1 N–H and O–H groups in total. The molecule has 0 bridgehead atoms. The van der Waals surface area contributed by atoms with Gasteiger partial charge in [-0.3, -0.25) is 9.88 Å². The summed E-state index contributed by atoms with van der Waals surface area (Å²) >= 11 is 0. The van der Waals surface area contributed by atoms with E-state index in [1.54, 1.807) is 6.26 Å². The number of nitrogens with one attached hydrogen (secondary N) is 1. The molecule has 0 unspecified atom stereocenters. The standard InChI is InChI=1S/C18H25N3O/c1-2-17(18-7-3-4-10-19-18)20-15-8-11-21(12-9-15)14-16-6-5-13-22-16/h3-7,10,13,15,17,20H,2,8-9,11-12,14H2,1H3/t17-/m0/s1. The Labute approximate surface area is 132 Å². The van der Waals surface area contributed by atoms with Gasteiger partial charge in [-0.15, -0.1) is 0 Å². The molecule has 22 heavy (non-hydrogen) atoms. The molecule has 0 saturated carbocycles. The highest BCUT2D eigenvalue weighted by Gasteiger charge is 2.22. The van der Waals surface area contributed by atoms with Crippen molar-refractivity contribution in [2.45, 2.75) is 44.8 Å². The maximum atomic E-state index is 5.44. The van der Waals surface area contributed by atoms with Crippen molar-refractivity contribution in [1.82, 2.24) is 15.2 Å². The lowest BCUT2D eigenvalue weighted by Crippen LogP contribution is -2.43. The topological polar surface area (TPSA) is 41.3 Å². The molecule has 1 atom stereocenters. The summed E-state index contributed by atoms with van der Waals surface area (Å²) in [7, 11) is 0. The van der Waals surface area contributed by atoms with Gasteiger partial charge in [-0.05, 0) is 43.5 Å². The SMILES string of the molecule is CC[C@H](NC1CCN(Cc2ccco2)CC1)c1ccccn1. The predicted octanol–water partition coefficient (Wildman–Crippen LogP) is 3.38. The summed E-state index contributed by atoms with van der Waals surface area (Å²) in [4.78, 5) is 6.97. The van der Waals surface area contributed by atoms with Crippen LogP contribution in [0.5, 0.6) is 0 Å². The van der Waals surface area contributed by atoms with Crippen LogP contribution in [-0.2, 0) is 6.54 Å². The fraction of sp³-hybridized carbons (Fsp3) is 0.500. The molecular weight excluding hydrogens is 274 g/mol. The normalized spacial score (nSPS) is 18.4. The number of furan rings is 1. The van der Waals surface area contributed by atoms with E-state index in [0.717, 1.165) is 37.5 Å². The molecule has 3 rings (SSSR count). The second-order valence-electron chi connectivity index (χ2n) is 6.01. The summed E-state index contributed by atoms with van der Waals surface area (Å²) in [6.07, 6.45) is 7.08. The average Bonchev–Trinajstić information content (AvgIpc) is 3.08. The molecule has 0 radical (unpaired) electrons. The molecule has 4 heteroatoms. The summed E-state index contributed by atoms with van der Waals surface area (Å²) in [5.41, 5.74) is 1.16. The minimum Gasteiger partial charge on any atom is -0.468 e. The Hall–Kier alpha value is -1.65. The largest absolute Gasteiger partial charge is 0.468 e. The first-order valence-electron chi connectivity index (χ1n) is 8.27. The fourth-order valence-electron chi connectivity index (χ4n) is 3.16. The van der Waals surface area contributed by atoms with Crippen LogP contribution in [0.25, 0.3) is 0 Å². The molecule has 0 amide bonds. The minimum absolute atomic E-state index is 0.364. The number of pyridine rings is 1. The first kappa shape index (κ1) is 15.3. The Kier molecular flexibility index (Phi) is 5.24. The number of hydrogen-bond acceptors (Lipinski definition) is 4. The van der Waals surface area contributed by atoms with Gasteiger partial charge in [0, 0.05) is 31.4 Å². The van der Waals surface area contributed by atoms with Gasteiger partial charge in [0.05, 0.1) is 18.5 Å². The number of piperidine rings is 1. The Morgan fingerprint density at radius 3 is 2.77 bits per heavy atom. The summed E-state index contributed by atoms with van der Waals surface area (Å²) in [5, 5.41) is 3.79. The third kappa shape index (κ3) is 3.96. The number of rotatable bonds is 6. The minimum atomic E-state index is 0.364. The number of likely N-dealkylation sites (tertiary alicyclic amines) is 1. The summed E-state index contributed by atoms with van der Waals surface area (Å²) < 4.78 is 5.44. The monoisotopic (exact) mass is 299 g/mol. The van der Waals surface area contributed by atoms with E-state index in [1.165, 1.54) is 12.8 Å². The van der Waals surface area contributed by atoms with E-state index >= 15 is 0 Å². The van der Waals surface area contributed by atoms with Crippen molar-refractivity contribution in [1.29, 1.82) is 0 Å². The Morgan fingerprint density at radius 1 is 1.27 bits per heavy atom. The van der Waals surface area contributed by atoms with Crippen molar-refractivity contribution in [3.8, 4) is 0 Å². The number of hydrogen-bond donors (Lipinski definition) is 1. The average molecular weight is 299 g/mol. The summed E-state index contributed by atoms with van der Waals surface area (Å²) in [6, 6.07) is 11.1. The smallest absolute Gasteiger partial charge is 0.117 e. The van der Waals surface area contributed by atoms with Gasteiger partial charge >= 0.3 is 0 Å². The van der Waals surface area contributed by atoms with Crippen LogP contribution >= 0.6 is 0 Å². The van der Waals surface area contributed by atoms with Gasteiger partial charge in [0.15, 0.2) is 0 Å². The van der Waals surface area contributed by atoms with Crippen LogP contribution in [0.1, 0.15) is 43.7 Å². The molecule has 0 aliphatic carbocycles. The molecular formula is C18H25N3O. The van der Waals surface area contributed by atoms with E-state index in [9.17, 15) is 0 Å². The van der Waals surface area contributed by atoms with Crippen LogP contribution in [0.4, 0.5) is 0 Å². The fourth-order valence-corrected chi connectivity index (χ4v) is 3.16. The van der Waals surface area contributed by atoms with Crippen molar-refractivity contribution in [2.24, 2.45) is 0 Å². The summed E-state index contributed by atoms with van der Waals surface area (Å²) in [5.74, 6) is 1.06. The van der Waals surface area contributed by atoms with Crippen LogP contribution in [0.3, 0.4) is 0 Å². The van der Waals surface area contributed by atoms with Gasteiger partial charge in [0.25, 0.3) is 0 Å². The highest BCUT2D eigenvalue weighted by molar-refractivity contribution is 5.09. The molecule has 4 nitrogen and oxygen atoms in total. The van der Waals surface area contributed by atoms with Crippen LogP contribution in [0.15, 0.2) is 47.2 Å². The molecule has 0 aromatic carbocycles. The lowest BCUT2D eigenvalue weighted by molar-refractivity contribution is 0.172. The highest BCUT2D eigenvalue weighted by Crippen LogP contribution is 2.19. The molecule has 2 aromatic rings. The number of aromatic nitrogens is 1. The Balaban J connectivity index is 1.48. The second-order valence-corrected chi connectivity index (χ2v) is 6.01. The zero-order chi connectivity index (χ0) is 15.2. The van der Waals surface area contributed by atoms with Crippen LogP contribution in [0, 0.1) is 0 Å². The zero-order valence-electron chi connectivity index (χ0n) is 13.2. The molecule has 1 aliphatic rings. The lowest BCUT2D eigenvalue weighted by Gasteiger charge is -2.34. The van der Waals surface area contributed by atoms with E-state index < -0.39 is 0 Å². The Morgan fingerprint density at radius 2 is 2.14 bits per heavy atom. The van der Waals surface area contributed by atoms with Gasteiger partial charge in [-0.1, -0.05) is 13.0 Å². The van der Waals surface area contributed by atoms with Crippen molar-refractivity contribution >= 4 is 0 Å². The van der Waals surface area contributed by atoms with Crippen molar-refractivity contribution in [3.63, 3.8) is 0 Å². The van der Waals surface area contributed by atoms with Crippen LogP contribution in [-0.4, -0.2) is 29.0 Å². The Bertz CT molecular complexity index is 533. The molecule has 2 aromatic heterocycles. The van der Waals surface area contributed by atoms with Gasteiger partial charge in [0.2, 0.25) is 0 Å². The van der Waals surface area contributed by atoms with Gasteiger partial charge in [-0.2, -0.15) is 0 Å². The third-order valence-corrected chi connectivity index (χ3v) is 4.44. The third-order valence-electron chi connectivity index (χ3n) is 4.44. The molecule has 1 aliphatic heterocycles. The highest BCUT2D eigenvalue weighted by atomic mass is 16.3. The first-order valence-corrected chi connectivity index (χ1v) is 8.27. The van der Waals surface area contributed by atoms with E-state index in [0.29, 0.717) is 12.1 Å². The molecule has 0 spiro atoms. The van der Waals surface area contributed by atoms with E-state index in [4.69, 9.17) is 4.42 Å². The lowest BCUT2D eigenvalue weighted by atomic mass is 10.0. The van der Waals surface area contributed by atoms with Crippen molar-refractivity contribution in [3.05, 3.63) is 54.2 Å². The van der Waals surface area contributed by atoms with Gasteiger partial charge < -0.3 is 9.73 Å². The van der Waals surface area contributed by atoms with Crippen molar-refractivity contribution in [2.75, 3.05) is 13.1 Å². The van der Waals surface area contributed by atoms with E-state index in [1.807, 2.05) is 18.3 Å². The molecule has 1 fully saturated rings. The maximum absolute atomic E-state index is 5.44. The zero-order valence-corrected chi connectivity index (χ0v) is 13.2. The molecule has 118 valence electrons. The van der Waals surface area contributed by atoms with Gasteiger partial charge in [0.1, 0.15) is 5.76 Å². The first-order chi connectivity index (χ1) is 10.8. The van der Waals surface area contributed by atoms with E-state index in [2.05, 4.69) is 40.3 Å². The molecule has 3 heterocycles. The molecule has 1 saturated heterocycles. The summed E-state index contributed by atoms with van der Waals surface area (Å²) in [6.45, 7) is 5.39. The van der Waals surface area contributed by atoms with Gasteiger partial charge in [-0.25, -0.2) is 0 Å². The quantitative estimate of drug-likeness (QED) is 0.888. The van der Waals surface area contributed by atoms with Crippen molar-refractivity contribution < 1.29 is 4.42 Å².